The zero-order valence-corrected chi connectivity index (χ0v) is 14.0. The second-order valence-corrected chi connectivity index (χ2v) is 6.03. The second kappa shape index (κ2) is 7.05. The Balaban J connectivity index is 0.00000169. The molecule has 0 spiro atoms. The predicted octanol–water partition coefficient (Wildman–Crippen LogP) is 3.93. The average Bonchev–Trinajstić information content (AvgIpc) is 3.13. The molecule has 3 N–H and O–H groups in total. The molecule has 4 rings (SSSR count). The minimum absolute atomic E-state index is 0. The van der Waals surface area contributed by atoms with Crippen LogP contribution in [0.25, 0.3) is 11.6 Å². The summed E-state index contributed by atoms with van der Waals surface area (Å²) in [5.74, 6) is 1.34. The van der Waals surface area contributed by atoms with E-state index in [-0.39, 0.29) is 18.3 Å². The number of anilines is 1. The van der Waals surface area contributed by atoms with Gasteiger partial charge in [-0.2, -0.15) is 4.98 Å². The van der Waals surface area contributed by atoms with E-state index in [1.54, 1.807) is 12.4 Å². The van der Waals surface area contributed by atoms with Crippen molar-refractivity contribution in [2.45, 2.75) is 38.1 Å². The van der Waals surface area contributed by atoms with E-state index in [0.717, 1.165) is 24.0 Å². The highest BCUT2D eigenvalue weighted by atomic mass is 35.5. The first kappa shape index (κ1) is 16.5. The van der Waals surface area contributed by atoms with Crippen molar-refractivity contribution in [3.63, 3.8) is 0 Å². The Labute approximate surface area is 146 Å². The van der Waals surface area contributed by atoms with E-state index in [1.807, 2.05) is 18.2 Å². The number of halogens is 1. The Hall–Kier alpha value is -2.34. The van der Waals surface area contributed by atoms with Gasteiger partial charge in [-0.25, -0.2) is 9.98 Å². The van der Waals surface area contributed by atoms with Crippen LogP contribution in [0.15, 0.2) is 23.3 Å². The van der Waals surface area contributed by atoms with Gasteiger partial charge in [0.25, 0.3) is 0 Å². The van der Waals surface area contributed by atoms with Gasteiger partial charge in [-0.3, -0.25) is 0 Å². The van der Waals surface area contributed by atoms with Crippen LogP contribution >= 0.6 is 12.4 Å². The molecule has 1 saturated carbocycles. The van der Waals surface area contributed by atoms with Crippen LogP contribution in [-0.2, 0) is 0 Å². The monoisotopic (exact) mass is 345 g/mol. The van der Waals surface area contributed by atoms with Gasteiger partial charge in [-0.1, -0.05) is 19.3 Å². The van der Waals surface area contributed by atoms with Crippen LogP contribution < -0.4 is 5.32 Å². The molecule has 2 aliphatic rings. The number of aromatic nitrogens is 3. The Morgan fingerprint density at radius 2 is 2.08 bits per heavy atom. The molecule has 24 heavy (non-hydrogen) atoms. The smallest absolute Gasteiger partial charge is 0.238 e. The predicted molar refractivity (Wildman–Crippen MR) is 98.3 cm³/mol. The molecule has 1 aliphatic carbocycles. The molecule has 0 aromatic carbocycles. The van der Waals surface area contributed by atoms with Gasteiger partial charge in [0.1, 0.15) is 5.69 Å². The lowest BCUT2D eigenvalue weighted by atomic mass is 9.96. The van der Waals surface area contributed by atoms with Crippen LogP contribution in [0.1, 0.15) is 43.4 Å². The molecule has 0 radical (unpaired) electrons. The van der Waals surface area contributed by atoms with Gasteiger partial charge in [0, 0.05) is 29.6 Å². The number of aromatic hydroxyl groups is 1. The van der Waals surface area contributed by atoms with Crippen LogP contribution in [0.4, 0.5) is 11.8 Å². The Morgan fingerprint density at radius 1 is 1.25 bits per heavy atom. The summed E-state index contributed by atoms with van der Waals surface area (Å²) in [6, 6.07) is 4.28. The summed E-state index contributed by atoms with van der Waals surface area (Å²) in [7, 11) is 0. The van der Waals surface area contributed by atoms with E-state index in [4.69, 9.17) is 0 Å². The molecule has 0 atom stereocenters. The molecule has 6 nitrogen and oxygen atoms in total. The van der Waals surface area contributed by atoms with Gasteiger partial charge in [0.2, 0.25) is 11.8 Å². The number of aliphatic imine (C=N–C) groups is 1. The topological polar surface area (TPSA) is 86.2 Å². The summed E-state index contributed by atoms with van der Waals surface area (Å²) >= 11 is 0. The maximum Gasteiger partial charge on any atom is 0.238 e. The number of hydrogen-bond acceptors (Lipinski definition) is 5. The van der Waals surface area contributed by atoms with Crippen molar-refractivity contribution in [2.75, 3.05) is 5.32 Å². The first-order chi connectivity index (χ1) is 11.3. The third-order valence-corrected chi connectivity index (χ3v) is 4.38. The number of hydrogen-bond donors (Lipinski definition) is 3. The van der Waals surface area contributed by atoms with Crippen molar-refractivity contribution >= 4 is 42.0 Å². The first-order valence-corrected chi connectivity index (χ1v) is 8.06. The average molecular weight is 346 g/mol. The molecule has 3 heterocycles. The highest BCUT2D eigenvalue weighted by molar-refractivity contribution is 6.20. The third-order valence-electron chi connectivity index (χ3n) is 4.38. The number of pyridine rings is 1. The van der Waals surface area contributed by atoms with Gasteiger partial charge >= 0.3 is 0 Å². The summed E-state index contributed by atoms with van der Waals surface area (Å²) in [6.07, 6.45) is 11.5. The van der Waals surface area contributed by atoms with Crippen molar-refractivity contribution in [3.8, 4) is 5.88 Å². The number of nitrogens with zero attached hydrogens (tertiary/aromatic N) is 3. The molecule has 0 bridgehead atoms. The number of H-pyrrole nitrogens is 1. The molecule has 1 aliphatic heterocycles. The molecular weight excluding hydrogens is 326 g/mol. The normalized spacial score (nSPS) is 18.4. The molecule has 7 heteroatoms. The van der Waals surface area contributed by atoms with Gasteiger partial charge < -0.3 is 15.4 Å². The molecule has 1 fully saturated rings. The maximum atomic E-state index is 10.1. The standard InChI is InChI=1S/C17H19N5O.ClH/c23-16-14(9-11-10-19-15-13(11)7-4-8-18-15)21-17(22-16)20-12-5-2-1-3-6-12;/h4,7-10,12,23H,1-3,5-6H2,(H2,20,21,22);1H. The number of allylic oxidation sites excluding steroid dienone is 1. The second-order valence-electron chi connectivity index (χ2n) is 6.03. The highest BCUT2D eigenvalue weighted by Crippen LogP contribution is 2.32. The van der Waals surface area contributed by atoms with Crippen LogP contribution in [0, 0.1) is 0 Å². The van der Waals surface area contributed by atoms with Crippen LogP contribution in [-0.4, -0.2) is 32.3 Å². The van der Waals surface area contributed by atoms with E-state index in [9.17, 15) is 5.11 Å². The van der Waals surface area contributed by atoms with Gasteiger partial charge in [0.05, 0.1) is 0 Å². The lowest BCUT2D eigenvalue weighted by Crippen LogP contribution is -2.22. The Morgan fingerprint density at radius 3 is 2.92 bits per heavy atom. The number of aromatic amines is 1. The van der Waals surface area contributed by atoms with Crippen LogP contribution in [0.2, 0.25) is 0 Å². The minimum atomic E-state index is 0. The molecule has 2 aromatic rings. The lowest BCUT2D eigenvalue weighted by Gasteiger charge is -2.22. The molecule has 126 valence electrons. The van der Waals surface area contributed by atoms with Crippen LogP contribution in [0.5, 0.6) is 5.88 Å². The van der Waals surface area contributed by atoms with E-state index in [0.29, 0.717) is 23.5 Å². The SMILES string of the molecule is Cl.Oc1nc(NC2CCCCC2)[nH]c1C=C1C=Nc2ncccc21. The molecule has 0 saturated heterocycles. The number of fused-ring (bicyclic) bond motifs is 1. The van der Waals surface area contributed by atoms with Crippen molar-refractivity contribution in [3.05, 3.63) is 29.6 Å². The zero-order valence-electron chi connectivity index (χ0n) is 13.2. The summed E-state index contributed by atoms with van der Waals surface area (Å²) in [5.41, 5.74) is 2.46. The van der Waals surface area contributed by atoms with E-state index in [2.05, 4.69) is 25.3 Å². The summed E-state index contributed by atoms with van der Waals surface area (Å²) in [5, 5.41) is 13.5. The zero-order chi connectivity index (χ0) is 15.6. The molecular formula is C17H20ClN5O. The first-order valence-electron chi connectivity index (χ1n) is 8.06. The van der Waals surface area contributed by atoms with Gasteiger partial charge in [-0.05, 0) is 31.1 Å². The van der Waals surface area contributed by atoms with Gasteiger partial charge in [0.15, 0.2) is 5.82 Å². The fourth-order valence-corrected chi connectivity index (χ4v) is 3.18. The van der Waals surface area contributed by atoms with E-state index in [1.165, 1.54) is 19.3 Å². The van der Waals surface area contributed by atoms with Crippen LogP contribution in [0.3, 0.4) is 0 Å². The van der Waals surface area contributed by atoms with Crippen molar-refractivity contribution in [2.24, 2.45) is 4.99 Å². The molecule has 2 aromatic heterocycles. The Kier molecular flexibility index (Phi) is 4.85. The highest BCUT2D eigenvalue weighted by Gasteiger charge is 2.17. The van der Waals surface area contributed by atoms with Crippen molar-refractivity contribution in [1.29, 1.82) is 0 Å². The largest absolute Gasteiger partial charge is 0.492 e. The van der Waals surface area contributed by atoms with E-state index >= 15 is 0 Å². The lowest BCUT2D eigenvalue weighted by molar-refractivity contribution is 0.452. The quantitative estimate of drug-likeness (QED) is 0.786. The van der Waals surface area contributed by atoms with Crippen molar-refractivity contribution < 1.29 is 5.11 Å². The molecule has 0 unspecified atom stereocenters. The third kappa shape index (κ3) is 3.28. The fourth-order valence-electron chi connectivity index (χ4n) is 3.18. The summed E-state index contributed by atoms with van der Waals surface area (Å²) in [6.45, 7) is 0. The maximum absolute atomic E-state index is 10.1. The van der Waals surface area contributed by atoms with E-state index < -0.39 is 0 Å². The fraction of sp³-hybridized carbons (Fsp3) is 0.353. The summed E-state index contributed by atoms with van der Waals surface area (Å²) < 4.78 is 0. The Bertz CT molecular complexity index is 777. The number of imidazole rings is 1. The number of nitrogens with one attached hydrogen (secondary N) is 2. The van der Waals surface area contributed by atoms with Crippen molar-refractivity contribution in [1.82, 2.24) is 15.0 Å². The minimum Gasteiger partial charge on any atom is -0.492 e. The van der Waals surface area contributed by atoms with Gasteiger partial charge in [-0.15, -0.1) is 12.4 Å². The molecule has 0 amide bonds. The summed E-state index contributed by atoms with van der Waals surface area (Å²) in [4.78, 5) is 15.8. The number of rotatable bonds is 3.